The van der Waals surface area contributed by atoms with Crippen LogP contribution in [0.5, 0.6) is 11.6 Å². The molecule has 150 valence electrons. The van der Waals surface area contributed by atoms with Gasteiger partial charge in [-0.25, -0.2) is 13.8 Å². The molecule has 2 aromatic rings. The van der Waals surface area contributed by atoms with Crippen LogP contribution in [-0.4, -0.2) is 42.0 Å². The van der Waals surface area contributed by atoms with Gasteiger partial charge >= 0.3 is 0 Å². The Labute approximate surface area is 160 Å². The predicted molar refractivity (Wildman–Crippen MR) is 97.6 cm³/mol. The molecule has 0 bridgehead atoms. The van der Waals surface area contributed by atoms with Gasteiger partial charge in [-0.15, -0.1) is 0 Å². The average Bonchev–Trinajstić information content (AvgIpc) is 2.99. The number of rotatable bonds is 7. The molecule has 1 saturated heterocycles. The summed E-state index contributed by atoms with van der Waals surface area (Å²) in [4.78, 5) is 27.4. The maximum absolute atomic E-state index is 13.1. The SMILES string of the molecule is CC(C)Oc1cc2c(OC[C@H]3NC(=O)C[C@@H]3C(F)F)nccc2cc1C(N)=O. The first-order chi connectivity index (χ1) is 13.3. The predicted octanol–water partition coefficient (Wildman–Crippen LogP) is 2.27. The first-order valence-electron chi connectivity index (χ1n) is 8.85. The molecule has 2 amide bonds. The highest BCUT2D eigenvalue weighted by molar-refractivity contribution is 6.01. The molecule has 3 rings (SSSR count). The van der Waals surface area contributed by atoms with E-state index >= 15 is 0 Å². The van der Waals surface area contributed by atoms with Crippen molar-refractivity contribution in [2.24, 2.45) is 11.7 Å². The summed E-state index contributed by atoms with van der Waals surface area (Å²) in [7, 11) is 0. The lowest BCUT2D eigenvalue weighted by molar-refractivity contribution is -0.119. The number of amides is 2. The summed E-state index contributed by atoms with van der Waals surface area (Å²) in [5, 5.41) is 3.69. The third-order valence-electron chi connectivity index (χ3n) is 4.46. The number of ether oxygens (including phenoxy) is 2. The Morgan fingerprint density at radius 2 is 2.14 bits per heavy atom. The highest BCUT2D eigenvalue weighted by Crippen LogP contribution is 2.32. The third-order valence-corrected chi connectivity index (χ3v) is 4.46. The van der Waals surface area contributed by atoms with Crippen molar-refractivity contribution in [3.8, 4) is 11.6 Å². The van der Waals surface area contributed by atoms with Crippen LogP contribution < -0.4 is 20.5 Å². The van der Waals surface area contributed by atoms with Crippen LogP contribution in [0, 0.1) is 5.92 Å². The lowest BCUT2D eigenvalue weighted by atomic mass is 10.0. The number of carbonyl (C=O) groups is 2. The van der Waals surface area contributed by atoms with Crippen molar-refractivity contribution < 1.29 is 27.8 Å². The van der Waals surface area contributed by atoms with Gasteiger partial charge in [0.15, 0.2) is 0 Å². The van der Waals surface area contributed by atoms with Crippen LogP contribution in [-0.2, 0) is 4.79 Å². The maximum atomic E-state index is 13.1. The molecule has 1 aliphatic heterocycles. The molecule has 1 aromatic carbocycles. The molecule has 3 N–H and O–H groups in total. The molecule has 0 unspecified atom stereocenters. The first kappa shape index (κ1) is 19.8. The van der Waals surface area contributed by atoms with Crippen molar-refractivity contribution in [1.29, 1.82) is 0 Å². The Kier molecular flexibility index (Phi) is 5.62. The molecule has 2 atom stereocenters. The van der Waals surface area contributed by atoms with Gasteiger partial charge in [0.25, 0.3) is 5.91 Å². The van der Waals surface area contributed by atoms with E-state index in [0.717, 1.165) is 0 Å². The Balaban J connectivity index is 1.91. The standard InChI is InChI=1S/C19H21F2N3O4/c1-9(2)28-15-6-11-10(5-13(15)18(22)26)3-4-23-19(11)27-8-14-12(17(20)21)7-16(25)24-14/h3-6,9,12,14,17H,7-8H2,1-2H3,(H2,22,26)(H,24,25)/t12-,14+/m0/s1. The summed E-state index contributed by atoms with van der Waals surface area (Å²) >= 11 is 0. The number of fused-ring (bicyclic) bond motifs is 1. The molecule has 1 fully saturated rings. The van der Waals surface area contributed by atoms with Crippen LogP contribution >= 0.6 is 0 Å². The molecule has 28 heavy (non-hydrogen) atoms. The summed E-state index contributed by atoms with van der Waals surface area (Å²) in [5.74, 6) is -1.69. The van der Waals surface area contributed by atoms with E-state index in [4.69, 9.17) is 15.2 Å². The number of hydrogen-bond donors (Lipinski definition) is 2. The smallest absolute Gasteiger partial charge is 0.252 e. The maximum Gasteiger partial charge on any atom is 0.252 e. The van der Waals surface area contributed by atoms with Crippen LogP contribution in [0.1, 0.15) is 30.6 Å². The van der Waals surface area contributed by atoms with E-state index in [1.54, 1.807) is 18.2 Å². The van der Waals surface area contributed by atoms with Gasteiger partial charge in [0.1, 0.15) is 12.4 Å². The number of primary amides is 1. The van der Waals surface area contributed by atoms with Crippen molar-refractivity contribution in [2.45, 2.75) is 38.8 Å². The van der Waals surface area contributed by atoms with Gasteiger partial charge in [-0.2, -0.15) is 0 Å². The number of nitrogens with two attached hydrogens (primary N) is 1. The van der Waals surface area contributed by atoms with Crippen LogP contribution in [0.25, 0.3) is 10.8 Å². The number of nitrogens with one attached hydrogen (secondary N) is 1. The molecule has 0 radical (unpaired) electrons. The zero-order chi connectivity index (χ0) is 20.4. The molecule has 0 saturated carbocycles. The minimum absolute atomic E-state index is 0.148. The highest BCUT2D eigenvalue weighted by Gasteiger charge is 2.39. The minimum atomic E-state index is -2.63. The van der Waals surface area contributed by atoms with Gasteiger partial charge in [0.2, 0.25) is 18.2 Å². The molecule has 0 spiro atoms. The number of aromatic nitrogens is 1. The summed E-state index contributed by atoms with van der Waals surface area (Å²) in [6.07, 6.45) is -1.58. The van der Waals surface area contributed by atoms with Gasteiger partial charge < -0.3 is 20.5 Å². The molecule has 0 aliphatic carbocycles. The van der Waals surface area contributed by atoms with Gasteiger partial charge in [-0.1, -0.05) is 0 Å². The van der Waals surface area contributed by atoms with E-state index in [9.17, 15) is 18.4 Å². The summed E-state index contributed by atoms with van der Waals surface area (Å²) in [5.41, 5.74) is 5.66. The number of alkyl halides is 2. The zero-order valence-corrected chi connectivity index (χ0v) is 15.4. The van der Waals surface area contributed by atoms with Gasteiger partial charge in [-0.3, -0.25) is 9.59 Å². The normalized spacial score (nSPS) is 19.3. The fraction of sp³-hybridized carbons (Fsp3) is 0.421. The van der Waals surface area contributed by atoms with Crippen molar-refractivity contribution in [1.82, 2.24) is 10.3 Å². The second-order valence-electron chi connectivity index (χ2n) is 6.90. The largest absolute Gasteiger partial charge is 0.490 e. The second kappa shape index (κ2) is 7.95. The number of hydrogen-bond acceptors (Lipinski definition) is 5. The van der Waals surface area contributed by atoms with E-state index in [-0.39, 0.29) is 36.3 Å². The Bertz CT molecular complexity index is 904. The molecule has 9 heteroatoms. The number of halogens is 2. The summed E-state index contributed by atoms with van der Waals surface area (Å²) in [6.45, 7) is 3.47. The molecular formula is C19H21F2N3O4. The van der Waals surface area contributed by atoms with E-state index in [1.807, 2.05) is 13.8 Å². The van der Waals surface area contributed by atoms with Gasteiger partial charge in [-0.05, 0) is 37.4 Å². The summed E-state index contributed by atoms with van der Waals surface area (Å²) < 4.78 is 37.6. The van der Waals surface area contributed by atoms with Crippen molar-refractivity contribution in [2.75, 3.05) is 6.61 Å². The number of nitrogens with zero attached hydrogens (tertiary/aromatic N) is 1. The summed E-state index contributed by atoms with van der Waals surface area (Å²) in [6, 6.07) is 4.03. The first-order valence-corrected chi connectivity index (χ1v) is 8.85. The van der Waals surface area contributed by atoms with Crippen LogP contribution in [0.2, 0.25) is 0 Å². The van der Waals surface area contributed by atoms with Crippen molar-refractivity contribution in [3.05, 3.63) is 30.0 Å². The lowest BCUT2D eigenvalue weighted by Crippen LogP contribution is -2.37. The zero-order valence-electron chi connectivity index (χ0n) is 15.4. The highest BCUT2D eigenvalue weighted by atomic mass is 19.3. The third kappa shape index (κ3) is 4.13. The fourth-order valence-electron chi connectivity index (χ4n) is 3.16. The monoisotopic (exact) mass is 393 g/mol. The van der Waals surface area contributed by atoms with E-state index in [1.165, 1.54) is 6.20 Å². The molecule has 1 aromatic heterocycles. The molecular weight excluding hydrogens is 372 g/mol. The van der Waals surface area contributed by atoms with Crippen molar-refractivity contribution >= 4 is 22.6 Å². The minimum Gasteiger partial charge on any atom is -0.490 e. The Hall–Kier alpha value is -2.97. The van der Waals surface area contributed by atoms with Crippen LogP contribution in [0.3, 0.4) is 0 Å². The van der Waals surface area contributed by atoms with E-state index in [2.05, 4.69) is 10.3 Å². The fourth-order valence-corrected chi connectivity index (χ4v) is 3.16. The number of pyridine rings is 1. The average molecular weight is 393 g/mol. The molecule has 1 aliphatic rings. The van der Waals surface area contributed by atoms with E-state index in [0.29, 0.717) is 10.8 Å². The number of benzene rings is 1. The van der Waals surface area contributed by atoms with Gasteiger partial charge in [0.05, 0.1) is 23.6 Å². The Morgan fingerprint density at radius 3 is 2.79 bits per heavy atom. The number of carbonyl (C=O) groups excluding carboxylic acids is 2. The van der Waals surface area contributed by atoms with Crippen molar-refractivity contribution in [3.63, 3.8) is 0 Å². The van der Waals surface area contributed by atoms with Crippen LogP contribution in [0.15, 0.2) is 24.4 Å². The lowest BCUT2D eigenvalue weighted by Gasteiger charge is -2.19. The second-order valence-corrected chi connectivity index (χ2v) is 6.90. The van der Waals surface area contributed by atoms with Crippen LogP contribution in [0.4, 0.5) is 8.78 Å². The Morgan fingerprint density at radius 1 is 1.39 bits per heavy atom. The van der Waals surface area contributed by atoms with E-state index < -0.39 is 30.2 Å². The quantitative estimate of drug-likeness (QED) is 0.751. The molecule has 2 heterocycles. The molecule has 7 nitrogen and oxygen atoms in total. The van der Waals surface area contributed by atoms with Gasteiger partial charge in [0, 0.05) is 18.0 Å². The topological polar surface area (TPSA) is 104 Å².